The lowest BCUT2D eigenvalue weighted by Crippen LogP contribution is -2.32. The number of unbranched alkanes of at least 4 members (excludes halogenated alkanes) is 3. The predicted molar refractivity (Wildman–Crippen MR) is 189 cm³/mol. The highest BCUT2D eigenvalue weighted by atomic mass is 16.4. The molecule has 10 heteroatoms. The molecule has 0 aliphatic heterocycles. The van der Waals surface area contributed by atoms with Crippen molar-refractivity contribution in [2.24, 2.45) is 28.1 Å². The van der Waals surface area contributed by atoms with Crippen molar-refractivity contribution >= 4 is 34.8 Å². The Morgan fingerprint density at radius 2 is 1.87 bits per heavy atom. The van der Waals surface area contributed by atoms with E-state index in [9.17, 15) is 14.7 Å². The molecule has 10 N–H and O–H groups in total. The maximum Gasteiger partial charge on any atom is 0.328 e. The molecular weight excluding hydrogens is 592 g/mol. The number of anilines is 1. The molecule has 0 saturated carbocycles. The molecule has 4 atom stereocenters. The number of hydrogen-bond donors (Lipinski definition) is 7. The van der Waals surface area contributed by atoms with Gasteiger partial charge in [0.05, 0.1) is 12.6 Å². The Morgan fingerprint density at radius 1 is 1.06 bits per heavy atom. The quantitative estimate of drug-likeness (QED) is 0.0288. The topological polar surface area (TPSA) is 193 Å². The first-order valence-electron chi connectivity index (χ1n) is 17.0. The number of aliphatic carboxylic acids is 1. The van der Waals surface area contributed by atoms with Crippen molar-refractivity contribution in [2.45, 2.75) is 95.1 Å². The second kappa shape index (κ2) is 18.3. The minimum Gasteiger partial charge on any atom is -0.478 e. The zero-order valence-corrected chi connectivity index (χ0v) is 27.4. The van der Waals surface area contributed by atoms with E-state index in [4.69, 9.17) is 22.3 Å². The molecule has 1 aliphatic carbocycles. The summed E-state index contributed by atoms with van der Waals surface area (Å²) in [5, 5.41) is 24.7. The number of nitrogens with one attached hydrogen (secondary N) is 2. The molecule has 47 heavy (non-hydrogen) atoms. The number of aliphatic hydroxyl groups is 1. The van der Waals surface area contributed by atoms with Crippen molar-refractivity contribution in [2.75, 3.05) is 18.5 Å². The number of rotatable bonds is 20. The highest BCUT2D eigenvalue weighted by Crippen LogP contribution is 2.44. The van der Waals surface area contributed by atoms with Crippen molar-refractivity contribution in [1.29, 1.82) is 0 Å². The third kappa shape index (κ3) is 11.0. The number of aliphatic hydroxyl groups excluding tert-OH is 1. The second-order valence-electron chi connectivity index (χ2n) is 12.9. The molecule has 3 aromatic rings. The summed E-state index contributed by atoms with van der Waals surface area (Å²) in [5.41, 5.74) is 22.2. The van der Waals surface area contributed by atoms with E-state index in [0.29, 0.717) is 18.4 Å². The summed E-state index contributed by atoms with van der Waals surface area (Å²) in [6.45, 7) is 0.325. The van der Waals surface area contributed by atoms with Crippen LogP contribution in [0.2, 0.25) is 0 Å². The molecule has 0 spiro atoms. The molecular formula is C37H52N6O4. The minimum atomic E-state index is -1.04. The first-order valence-corrected chi connectivity index (χ1v) is 17.0. The van der Waals surface area contributed by atoms with Crippen LogP contribution in [0.3, 0.4) is 0 Å². The van der Waals surface area contributed by atoms with Crippen LogP contribution in [0.4, 0.5) is 5.82 Å². The van der Waals surface area contributed by atoms with Crippen molar-refractivity contribution in [3.05, 3.63) is 77.0 Å². The average Bonchev–Trinajstić information content (AvgIpc) is 3.56. The SMILES string of the molecule is NC(N)=NC/C(=C\C(=O)O)[C@@H](C[C@@H]1CCc2cc3ccc(CC=O)cc3cc2[C@@H]1CCC[C@H](N)CCCCCCO)Nc1ccc[nH]1. The summed E-state index contributed by atoms with van der Waals surface area (Å²) >= 11 is 0. The number of carboxylic acid groups (broad SMARTS) is 1. The van der Waals surface area contributed by atoms with Crippen LogP contribution in [0.5, 0.6) is 0 Å². The summed E-state index contributed by atoms with van der Waals surface area (Å²) in [6, 6.07) is 14.5. The van der Waals surface area contributed by atoms with Crippen molar-refractivity contribution < 1.29 is 19.8 Å². The Hall–Kier alpha value is -4.15. The number of aryl methyl sites for hydroxylation is 1. The summed E-state index contributed by atoms with van der Waals surface area (Å²) in [7, 11) is 0. The third-order valence-electron chi connectivity index (χ3n) is 9.47. The molecule has 10 nitrogen and oxygen atoms in total. The Labute approximate surface area is 277 Å². The number of aldehydes is 1. The molecule has 0 amide bonds. The van der Waals surface area contributed by atoms with Gasteiger partial charge in [-0.25, -0.2) is 9.79 Å². The molecule has 4 rings (SSSR count). The van der Waals surface area contributed by atoms with Gasteiger partial charge in [-0.2, -0.15) is 0 Å². The molecule has 1 aliphatic rings. The Morgan fingerprint density at radius 3 is 2.60 bits per heavy atom. The van der Waals surface area contributed by atoms with E-state index >= 15 is 0 Å². The highest BCUT2D eigenvalue weighted by molar-refractivity contribution is 5.86. The summed E-state index contributed by atoms with van der Waals surface area (Å²) < 4.78 is 0. The number of carbonyl (C=O) groups excluding carboxylic acids is 1. The summed E-state index contributed by atoms with van der Waals surface area (Å²) in [4.78, 5) is 30.6. The Bertz CT molecular complexity index is 1500. The third-order valence-corrected chi connectivity index (χ3v) is 9.47. The first-order chi connectivity index (χ1) is 22.8. The first kappa shape index (κ1) is 35.7. The number of nitrogens with zero attached hydrogens (tertiary/aromatic N) is 1. The van der Waals surface area contributed by atoms with E-state index in [-0.39, 0.29) is 43.0 Å². The van der Waals surface area contributed by atoms with Gasteiger partial charge < -0.3 is 42.5 Å². The van der Waals surface area contributed by atoms with E-state index in [1.165, 1.54) is 22.6 Å². The lowest BCUT2D eigenvalue weighted by Gasteiger charge is -2.37. The van der Waals surface area contributed by atoms with E-state index < -0.39 is 5.97 Å². The van der Waals surface area contributed by atoms with Crippen molar-refractivity contribution in [3.8, 4) is 0 Å². The standard InChI is InChI=1S/C37H52N6O4/c38-31(7-3-1-2-4-17-44)8-5-9-32-28(14-13-27-20-26-12-11-25(15-18-45)19-29(26)21-33(27)32)22-34(43-35-10-6-16-41-35)30(23-36(46)47)24-42-37(39)40/h6,10-12,16,18-21,23,28,31-32,34,41,43-44H,1-5,7-9,13-15,17,22,24,38H2,(H,46,47)(H4,39,40,42)/b30-23+/t28-,31+,32+,34+/m0/s1. The fourth-order valence-electron chi connectivity index (χ4n) is 7.09. The van der Waals surface area contributed by atoms with Gasteiger partial charge in [0.15, 0.2) is 5.96 Å². The zero-order valence-electron chi connectivity index (χ0n) is 27.4. The number of benzene rings is 2. The predicted octanol–water partition coefficient (Wildman–Crippen LogP) is 5.15. The smallest absolute Gasteiger partial charge is 0.328 e. The van der Waals surface area contributed by atoms with Crippen LogP contribution in [0.1, 0.15) is 86.8 Å². The number of fused-ring (bicyclic) bond motifs is 2. The van der Waals surface area contributed by atoms with E-state index in [1.807, 2.05) is 24.4 Å². The number of hydrogen-bond acceptors (Lipinski definition) is 6. The monoisotopic (exact) mass is 644 g/mol. The van der Waals surface area contributed by atoms with Gasteiger partial charge in [0, 0.05) is 31.3 Å². The van der Waals surface area contributed by atoms with Crippen LogP contribution in [-0.2, 0) is 22.4 Å². The normalized spacial score (nSPS) is 17.5. The molecule has 1 heterocycles. The molecule has 1 aromatic heterocycles. The number of aliphatic imine (C=N–C) groups is 1. The highest BCUT2D eigenvalue weighted by Gasteiger charge is 2.33. The molecule has 0 unspecified atom stereocenters. The van der Waals surface area contributed by atoms with Gasteiger partial charge in [-0.05, 0) is 102 Å². The van der Waals surface area contributed by atoms with E-state index in [1.54, 1.807) is 0 Å². The van der Waals surface area contributed by atoms with Gasteiger partial charge >= 0.3 is 5.97 Å². The molecule has 0 bridgehead atoms. The number of H-pyrrole nitrogens is 1. The second-order valence-corrected chi connectivity index (χ2v) is 12.9. The van der Waals surface area contributed by atoms with Crippen LogP contribution < -0.4 is 22.5 Å². The fourth-order valence-corrected chi connectivity index (χ4v) is 7.09. The zero-order chi connectivity index (χ0) is 33.6. The minimum absolute atomic E-state index is 0.0816. The lowest BCUT2D eigenvalue weighted by atomic mass is 9.69. The number of aromatic amines is 1. The lowest BCUT2D eigenvalue weighted by molar-refractivity contribution is -0.131. The maximum atomic E-state index is 11.9. The molecule has 2 aromatic carbocycles. The van der Waals surface area contributed by atoms with Crippen molar-refractivity contribution in [3.63, 3.8) is 0 Å². The van der Waals surface area contributed by atoms with Crippen LogP contribution in [0.25, 0.3) is 10.8 Å². The van der Waals surface area contributed by atoms with E-state index in [0.717, 1.165) is 87.3 Å². The number of nitrogens with two attached hydrogens (primary N) is 3. The largest absolute Gasteiger partial charge is 0.478 e. The number of carboxylic acids is 1. The Balaban J connectivity index is 1.63. The fraction of sp³-hybridized carbons (Fsp3) is 0.486. The summed E-state index contributed by atoms with van der Waals surface area (Å²) in [5.74, 6) is 0.170. The van der Waals surface area contributed by atoms with Gasteiger partial charge in [-0.15, -0.1) is 0 Å². The number of aromatic nitrogens is 1. The van der Waals surface area contributed by atoms with Gasteiger partial charge in [0.1, 0.15) is 12.1 Å². The Kier molecular flexibility index (Phi) is 13.9. The van der Waals surface area contributed by atoms with Gasteiger partial charge in [0.2, 0.25) is 0 Å². The van der Waals surface area contributed by atoms with Crippen LogP contribution >= 0.6 is 0 Å². The van der Waals surface area contributed by atoms with Crippen LogP contribution in [0.15, 0.2) is 65.3 Å². The van der Waals surface area contributed by atoms with Crippen LogP contribution in [0, 0.1) is 5.92 Å². The van der Waals surface area contributed by atoms with E-state index in [2.05, 4.69) is 39.6 Å². The van der Waals surface area contributed by atoms with Crippen molar-refractivity contribution in [1.82, 2.24) is 4.98 Å². The maximum absolute atomic E-state index is 11.9. The van der Waals surface area contributed by atoms with Gasteiger partial charge in [-0.1, -0.05) is 56.0 Å². The summed E-state index contributed by atoms with van der Waals surface area (Å²) in [6.07, 6.45) is 14.9. The molecule has 0 radical (unpaired) electrons. The number of guanidine groups is 1. The average molecular weight is 645 g/mol. The molecule has 254 valence electrons. The van der Waals surface area contributed by atoms with Gasteiger partial charge in [-0.3, -0.25) is 0 Å². The van der Waals surface area contributed by atoms with Crippen LogP contribution in [-0.4, -0.2) is 58.6 Å². The number of carbonyl (C=O) groups is 2. The molecule has 0 saturated heterocycles. The molecule has 0 fully saturated rings. The van der Waals surface area contributed by atoms with Gasteiger partial charge in [0.25, 0.3) is 0 Å².